The van der Waals surface area contributed by atoms with E-state index in [1.165, 1.54) is 6.08 Å². The summed E-state index contributed by atoms with van der Waals surface area (Å²) in [7, 11) is 1.58. The van der Waals surface area contributed by atoms with Crippen LogP contribution in [0.25, 0.3) is 6.08 Å². The van der Waals surface area contributed by atoms with Crippen molar-refractivity contribution in [2.24, 2.45) is 5.92 Å². The van der Waals surface area contributed by atoms with Gasteiger partial charge in [0.2, 0.25) is 5.91 Å². The number of carbonyl (C=O) groups is 2. The van der Waals surface area contributed by atoms with Gasteiger partial charge < -0.3 is 19.5 Å². The molecule has 0 unspecified atom stereocenters. The van der Waals surface area contributed by atoms with Crippen LogP contribution in [0.5, 0.6) is 11.5 Å². The first-order chi connectivity index (χ1) is 14.4. The van der Waals surface area contributed by atoms with E-state index in [0.717, 1.165) is 12.0 Å². The summed E-state index contributed by atoms with van der Waals surface area (Å²) in [6.07, 6.45) is 4.04. The van der Waals surface area contributed by atoms with Crippen molar-refractivity contribution >= 4 is 23.6 Å². The molecule has 1 N–H and O–H groups in total. The van der Waals surface area contributed by atoms with Crippen LogP contribution in [0.2, 0.25) is 0 Å². The summed E-state index contributed by atoms with van der Waals surface area (Å²) in [4.78, 5) is 24.1. The molecular weight excluding hydrogens is 382 g/mol. The van der Waals surface area contributed by atoms with E-state index < -0.39 is 0 Å². The summed E-state index contributed by atoms with van der Waals surface area (Å²) >= 11 is 0. The number of rotatable bonds is 10. The van der Waals surface area contributed by atoms with Crippen LogP contribution in [0.15, 0.2) is 48.5 Å². The van der Waals surface area contributed by atoms with E-state index in [2.05, 4.69) is 5.32 Å². The fourth-order valence-corrected chi connectivity index (χ4v) is 2.49. The zero-order valence-electron chi connectivity index (χ0n) is 17.9. The van der Waals surface area contributed by atoms with Gasteiger partial charge in [-0.25, -0.2) is 4.79 Å². The molecule has 6 heteroatoms. The van der Waals surface area contributed by atoms with Gasteiger partial charge in [0.1, 0.15) is 0 Å². The Morgan fingerprint density at radius 1 is 1.07 bits per heavy atom. The Labute approximate surface area is 177 Å². The van der Waals surface area contributed by atoms with Gasteiger partial charge in [-0.05, 0) is 60.4 Å². The highest BCUT2D eigenvalue weighted by molar-refractivity contribution is 6.02. The molecule has 0 aliphatic carbocycles. The Morgan fingerprint density at radius 3 is 2.43 bits per heavy atom. The van der Waals surface area contributed by atoms with Crippen LogP contribution in [0.4, 0.5) is 5.69 Å². The number of benzene rings is 2. The van der Waals surface area contributed by atoms with E-state index in [4.69, 9.17) is 14.2 Å². The predicted molar refractivity (Wildman–Crippen MR) is 118 cm³/mol. The molecule has 0 heterocycles. The average Bonchev–Trinajstić information content (AvgIpc) is 2.75. The average molecular weight is 411 g/mol. The first kappa shape index (κ1) is 23.0. The monoisotopic (exact) mass is 411 g/mol. The van der Waals surface area contributed by atoms with Crippen LogP contribution in [0, 0.1) is 5.92 Å². The van der Waals surface area contributed by atoms with E-state index in [0.29, 0.717) is 36.0 Å². The lowest BCUT2D eigenvalue weighted by Crippen LogP contribution is -2.11. The second kappa shape index (κ2) is 11.7. The van der Waals surface area contributed by atoms with Gasteiger partial charge >= 0.3 is 5.97 Å². The molecule has 0 radical (unpaired) electrons. The van der Waals surface area contributed by atoms with Crippen molar-refractivity contribution in [2.75, 3.05) is 25.6 Å². The number of nitrogens with one attached hydrogen (secondary N) is 1. The molecule has 0 atom stereocenters. The number of hydrogen-bond donors (Lipinski definition) is 1. The van der Waals surface area contributed by atoms with Crippen LogP contribution in [-0.2, 0) is 9.53 Å². The Morgan fingerprint density at radius 2 is 1.80 bits per heavy atom. The van der Waals surface area contributed by atoms with Crippen LogP contribution in [0.3, 0.4) is 0 Å². The lowest BCUT2D eigenvalue weighted by molar-refractivity contribution is -0.111. The summed E-state index contributed by atoms with van der Waals surface area (Å²) in [5.74, 6) is 0.912. The lowest BCUT2D eigenvalue weighted by atomic mass is 10.2. The predicted octanol–water partition coefficient (Wildman–Crippen LogP) is 4.95. The molecule has 2 rings (SSSR count). The highest BCUT2D eigenvalue weighted by Gasteiger charge is 2.09. The summed E-state index contributed by atoms with van der Waals surface area (Å²) in [5, 5.41) is 2.76. The minimum absolute atomic E-state index is 0.277. The van der Waals surface area contributed by atoms with Gasteiger partial charge in [0.15, 0.2) is 11.5 Å². The largest absolute Gasteiger partial charge is 0.493 e. The van der Waals surface area contributed by atoms with Crippen LogP contribution in [0.1, 0.15) is 43.1 Å². The van der Waals surface area contributed by atoms with Gasteiger partial charge in [-0.3, -0.25) is 4.79 Å². The van der Waals surface area contributed by atoms with Gasteiger partial charge in [0, 0.05) is 11.8 Å². The fraction of sp³-hybridized carbons (Fsp3) is 0.333. The minimum atomic E-state index is -0.373. The molecule has 0 aromatic heterocycles. The number of carbonyl (C=O) groups excluding carboxylic acids is 2. The topological polar surface area (TPSA) is 73.9 Å². The van der Waals surface area contributed by atoms with Crippen molar-refractivity contribution in [3.8, 4) is 11.5 Å². The summed E-state index contributed by atoms with van der Waals surface area (Å²) in [6, 6.07) is 12.1. The Hall–Kier alpha value is -3.28. The highest BCUT2D eigenvalue weighted by atomic mass is 16.5. The van der Waals surface area contributed by atoms with Crippen LogP contribution in [-0.4, -0.2) is 32.2 Å². The first-order valence-electron chi connectivity index (χ1n) is 10.00. The van der Waals surface area contributed by atoms with Gasteiger partial charge in [-0.2, -0.15) is 0 Å². The number of amides is 1. The standard InChI is InChI=1S/C24H29NO5/c1-5-14-29-21-12-6-18(15-22(21)28-4)7-13-23(26)25-20-10-8-19(9-11-20)24(27)30-16-17(2)3/h6-13,15,17H,5,14,16H2,1-4H3,(H,25,26)/b13-7+. The van der Waals surface area contributed by atoms with Gasteiger partial charge in [-0.1, -0.05) is 26.8 Å². The third-order valence-corrected chi connectivity index (χ3v) is 4.01. The number of esters is 1. The maximum atomic E-state index is 12.2. The second-order valence-corrected chi connectivity index (χ2v) is 7.15. The zero-order valence-corrected chi connectivity index (χ0v) is 17.9. The van der Waals surface area contributed by atoms with E-state index in [-0.39, 0.29) is 17.8 Å². The van der Waals surface area contributed by atoms with E-state index >= 15 is 0 Å². The molecule has 0 fully saturated rings. The second-order valence-electron chi connectivity index (χ2n) is 7.15. The minimum Gasteiger partial charge on any atom is -0.493 e. The van der Waals surface area contributed by atoms with E-state index in [1.54, 1.807) is 37.5 Å². The number of anilines is 1. The van der Waals surface area contributed by atoms with Crippen molar-refractivity contribution in [1.29, 1.82) is 0 Å². The van der Waals surface area contributed by atoms with Crippen LogP contribution < -0.4 is 14.8 Å². The lowest BCUT2D eigenvalue weighted by Gasteiger charge is -2.10. The molecule has 2 aromatic rings. The number of ether oxygens (including phenoxy) is 3. The van der Waals surface area contributed by atoms with Crippen LogP contribution >= 0.6 is 0 Å². The molecule has 0 bridgehead atoms. The Kier molecular flexibility index (Phi) is 8.94. The normalized spacial score (nSPS) is 10.8. The number of methoxy groups -OCH3 is 1. The Balaban J connectivity index is 1.95. The van der Waals surface area contributed by atoms with Crippen molar-refractivity contribution < 1.29 is 23.8 Å². The molecule has 2 aromatic carbocycles. The number of hydrogen-bond acceptors (Lipinski definition) is 5. The molecule has 0 saturated carbocycles. The zero-order chi connectivity index (χ0) is 21.9. The maximum Gasteiger partial charge on any atom is 0.338 e. The van der Waals surface area contributed by atoms with E-state index in [1.807, 2.05) is 39.0 Å². The van der Waals surface area contributed by atoms with Crippen molar-refractivity contribution in [3.63, 3.8) is 0 Å². The molecule has 6 nitrogen and oxygen atoms in total. The first-order valence-corrected chi connectivity index (χ1v) is 10.00. The fourth-order valence-electron chi connectivity index (χ4n) is 2.49. The molecule has 0 spiro atoms. The highest BCUT2D eigenvalue weighted by Crippen LogP contribution is 2.28. The molecule has 0 aliphatic rings. The molecule has 30 heavy (non-hydrogen) atoms. The maximum absolute atomic E-state index is 12.2. The third-order valence-electron chi connectivity index (χ3n) is 4.01. The summed E-state index contributed by atoms with van der Waals surface area (Å²) in [5.41, 5.74) is 1.85. The van der Waals surface area contributed by atoms with Crippen molar-refractivity contribution in [1.82, 2.24) is 0 Å². The Bertz CT molecular complexity index is 872. The smallest absolute Gasteiger partial charge is 0.338 e. The van der Waals surface area contributed by atoms with E-state index in [9.17, 15) is 9.59 Å². The van der Waals surface area contributed by atoms with Crippen molar-refractivity contribution in [2.45, 2.75) is 27.2 Å². The molecule has 0 aliphatic heterocycles. The summed E-state index contributed by atoms with van der Waals surface area (Å²) < 4.78 is 16.2. The molecule has 160 valence electrons. The van der Waals surface area contributed by atoms with Gasteiger partial charge in [0.05, 0.1) is 25.9 Å². The SMILES string of the molecule is CCCOc1ccc(/C=C/C(=O)Nc2ccc(C(=O)OCC(C)C)cc2)cc1OC. The molecule has 1 amide bonds. The van der Waals surface area contributed by atoms with Crippen molar-refractivity contribution in [3.05, 3.63) is 59.7 Å². The molecular formula is C24H29NO5. The molecule has 0 saturated heterocycles. The quantitative estimate of drug-likeness (QED) is 0.442. The van der Waals surface area contributed by atoms with Gasteiger partial charge in [0.25, 0.3) is 0 Å². The summed E-state index contributed by atoms with van der Waals surface area (Å²) in [6.45, 7) is 6.98. The van der Waals surface area contributed by atoms with Gasteiger partial charge in [-0.15, -0.1) is 0 Å². The third kappa shape index (κ3) is 7.28.